The van der Waals surface area contributed by atoms with Crippen molar-refractivity contribution in [1.29, 1.82) is 0 Å². The number of aliphatic hydroxyl groups excluding tert-OH is 1. The van der Waals surface area contributed by atoms with Gasteiger partial charge in [0.15, 0.2) is 5.96 Å². The van der Waals surface area contributed by atoms with Gasteiger partial charge in [0, 0.05) is 25.1 Å². The van der Waals surface area contributed by atoms with E-state index in [9.17, 15) is 5.11 Å². The van der Waals surface area contributed by atoms with Gasteiger partial charge in [0.25, 0.3) is 0 Å². The minimum absolute atomic E-state index is 0. The third-order valence-corrected chi connectivity index (χ3v) is 3.76. The van der Waals surface area contributed by atoms with E-state index in [4.69, 9.17) is 4.74 Å². The summed E-state index contributed by atoms with van der Waals surface area (Å²) >= 11 is 0. The van der Waals surface area contributed by atoms with E-state index >= 15 is 0 Å². The van der Waals surface area contributed by atoms with Crippen LogP contribution < -0.4 is 10.6 Å². The van der Waals surface area contributed by atoms with E-state index in [0.29, 0.717) is 11.8 Å². The highest BCUT2D eigenvalue weighted by molar-refractivity contribution is 14.0. The number of nitrogens with one attached hydrogen (secondary N) is 2. The first-order valence-electron chi connectivity index (χ1n) is 8.20. The number of rotatable bonds is 9. The number of nitrogens with zero attached hydrogens (tertiary/aromatic N) is 1. The summed E-state index contributed by atoms with van der Waals surface area (Å²) in [6, 6.07) is 0. The Morgan fingerprint density at radius 2 is 2.00 bits per heavy atom. The number of hydrogen-bond donors (Lipinski definition) is 3. The van der Waals surface area contributed by atoms with Crippen molar-refractivity contribution in [2.24, 2.45) is 22.2 Å². The molecule has 1 aliphatic heterocycles. The fourth-order valence-corrected chi connectivity index (χ4v) is 2.55. The maximum atomic E-state index is 9.18. The van der Waals surface area contributed by atoms with E-state index in [-0.39, 0.29) is 36.0 Å². The summed E-state index contributed by atoms with van der Waals surface area (Å²) in [7, 11) is 0. The molecule has 3 N–H and O–H groups in total. The van der Waals surface area contributed by atoms with Gasteiger partial charge >= 0.3 is 0 Å². The van der Waals surface area contributed by atoms with Crippen LogP contribution in [0.4, 0.5) is 0 Å². The SMILES string of the molecule is CCNC(=NCC1(C)COC1)NCC(CCO)CC(C)C.I. The van der Waals surface area contributed by atoms with Crippen molar-refractivity contribution in [3.05, 3.63) is 0 Å². The third-order valence-electron chi connectivity index (χ3n) is 3.76. The minimum Gasteiger partial charge on any atom is -0.396 e. The lowest BCUT2D eigenvalue weighted by molar-refractivity contribution is -0.0945. The maximum absolute atomic E-state index is 9.18. The molecular formula is C16H34IN3O2. The fourth-order valence-electron chi connectivity index (χ4n) is 2.55. The smallest absolute Gasteiger partial charge is 0.191 e. The molecule has 0 spiro atoms. The van der Waals surface area contributed by atoms with Crippen LogP contribution in [0.5, 0.6) is 0 Å². The second-order valence-corrected chi connectivity index (χ2v) is 6.89. The minimum atomic E-state index is 0. The standard InChI is InChI=1S/C16H33N3O2.HI/c1-5-17-15(19-10-16(4)11-21-12-16)18-9-14(6-7-20)8-13(2)3;/h13-14,20H,5-12H2,1-4H3,(H2,17,18,19);1H. The molecule has 132 valence electrons. The molecule has 1 saturated heterocycles. The molecule has 0 aromatic rings. The van der Waals surface area contributed by atoms with Crippen LogP contribution in [0.25, 0.3) is 0 Å². The number of aliphatic hydroxyl groups is 1. The van der Waals surface area contributed by atoms with Gasteiger partial charge in [0.1, 0.15) is 0 Å². The van der Waals surface area contributed by atoms with Crippen LogP contribution in [0.2, 0.25) is 0 Å². The average molecular weight is 427 g/mol. The monoisotopic (exact) mass is 427 g/mol. The topological polar surface area (TPSA) is 65.9 Å². The van der Waals surface area contributed by atoms with Crippen molar-refractivity contribution in [3.8, 4) is 0 Å². The van der Waals surface area contributed by atoms with E-state index in [1.165, 1.54) is 0 Å². The predicted molar refractivity (Wildman–Crippen MR) is 103 cm³/mol. The molecule has 1 unspecified atom stereocenters. The Balaban J connectivity index is 0.00000441. The van der Waals surface area contributed by atoms with Gasteiger partial charge in [0.05, 0.1) is 19.8 Å². The lowest BCUT2D eigenvalue weighted by Gasteiger charge is -2.36. The van der Waals surface area contributed by atoms with E-state index in [1.54, 1.807) is 0 Å². The van der Waals surface area contributed by atoms with Crippen molar-refractivity contribution >= 4 is 29.9 Å². The third kappa shape index (κ3) is 8.53. The molecule has 0 radical (unpaired) electrons. The summed E-state index contributed by atoms with van der Waals surface area (Å²) in [5.74, 6) is 2.01. The molecule has 0 saturated carbocycles. The Morgan fingerprint density at radius 3 is 2.45 bits per heavy atom. The van der Waals surface area contributed by atoms with Crippen LogP contribution in [0.15, 0.2) is 4.99 Å². The second kappa shape index (κ2) is 11.5. The molecule has 1 heterocycles. The fraction of sp³-hybridized carbons (Fsp3) is 0.938. The zero-order valence-electron chi connectivity index (χ0n) is 14.5. The summed E-state index contributed by atoms with van der Waals surface area (Å²) in [5.41, 5.74) is 0.199. The zero-order chi connectivity index (χ0) is 15.7. The van der Waals surface area contributed by atoms with Crippen LogP contribution >= 0.6 is 24.0 Å². The Morgan fingerprint density at radius 1 is 1.32 bits per heavy atom. The largest absolute Gasteiger partial charge is 0.396 e. The first-order valence-corrected chi connectivity index (χ1v) is 8.20. The van der Waals surface area contributed by atoms with Gasteiger partial charge in [-0.3, -0.25) is 4.99 Å². The summed E-state index contributed by atoms with van der Waals surface area (Å²) < 4.78 is 5.27. The molecule has 5 nitrogen and oxygen atoms in total. The first kappa shape index (κ1) is 21.9. The number of ether oxygens (including phenoxy) is 1. The van der Waals surface area contributed by atoms with Crippen molar-refractivity contribution in [2.45, 2.75) is 40.5 Å². The lowest BCUT2D eigenvalue weighted by Crippen LogP contribution is -2.45. The molecular weight excluding hydrogens is 393 g/mol. The highest BCUT2D eigenvalue weighted by Gasteiger charge is 2.33. The molecule has 1 fully saturated rings. The van der Waals surface area contributed by atoms with Crippen LogP contribution in [-0.2, 0) is 4.74 Å². The Hall–Kier alpha value is -0.0800. The van der Waals surface area contributed by atoms with Gasteiger partial charge in [-0.1, -0.05) is 20.8 Å². The predicted octanol–water partition coefficient (Wildman–Crippen LogP) is 2.24. The molecule has 1 aliphatic rings. The maximum Gasteiger partial charge on any atom is 0.191 e. The molecule has 0 aromatic carbocycles. The normalized spacial score (nSPS) is 18.4. The van der Waals surface area contributed by atoms with Crippen LogP contribution in [0, 0.1) is 17.3 Å². The van der Waals surface area contributed by atoms with Crippen molar-refractivity contribution in [1.82, 2.24) is 10.6 Å². The molecule has 0 aromatic heterocycles. The lowest BCUT2D eigenvalue weighted by atomic mass is 9.89. The summed E-state index contributed by atoms with van der Waals surface area (Å²) in [6.45, 7) is 13.1. The second-order valence-electron chi connectivity index (χ2n) is 6.89. The van der Waals surface area contributed by atoms with Gasteiger partial charge < -0.3 is 20.5 Å². The van der Waals surface area contributed by atoms with Crippen LogP contribution in [0.3, 0.4) is 0 Å². The Bertz CT molecular complexity index is 321. The van der Waals surface area contributed by atoms with E-state index in [0.717, 1.165) is 51.6 Å². The van der Waals surface area contributed by atoms with Gasteiger partial charge in [0.2, 0.25) is 0 Å². The van der Waals surface area contributed by atoms with Crippen molar-refractivity contribution in [2.75, 3.05) is 39.5 Å². The number of hydrogen-bond acceptors (Lipinski definition) is 3. The summed E-state index contributed by atoms with van der Waals surface area (Å²) in [6.07, 6.45) is 1.97. The molecule has 0 aliphatic carbocycles. The zero-order valence-corrected chi connectivity index (χ0v) is 16.9. The molecule has 1 atom stereocenters. The molecule has 0 amide bonds. The highest BCUT2D eigenvalue weighted by Crippen LogP contribution is 2.26. The van der Waals surface area contributed by atoms with E-state index < -0.39 is 0 Å². The van der Waals surface area contributed by atoms with Gasteiger partial charge in [-0.05, 0) is 31.6 Å². The van der Waals surface area contributed by atoms with Gasteiger partial charge in [-0.15, -0.1) is 24.0 Å². The molecule has 1 rings (SSSR count). The summed E-state index contributed by atoms with van der Waals surface area (Å²) in [5, 5.41) is 15.9. The molecule has 6 heteroatoms. The first-order chi connectivity index (χ1) is 9.99. The van der Waals surface area contributed by atoms with Gasteiger partial charge in [-0.25, -0.2) is 0 Å². The van der Waals surface area contributed by atoms with Gasteiger partial charge in [-0.2, -0.15) is 0 Å². The van der Waals surface area contributed by atoms with E-state index in [1.807, 2.05) is 0 Å². The van der Waals surface area contributed by atoms with Crippen LogP contribution in [-0.4, -0.2) is 50.5 Å². The average Bonchev–Trinajstić information content (AvgIpc) is 2.39. The molecule has 0 bridgehead atoms. The quantitative estimate of drug-likeness (QED) is 0.300. The van der Waals surface area contributed by atoms with Crippen molar-refractivity contribution < 1.29 is 9.84 Å². The number of aliphatic imine (C=N–C) groups is 1. The molecule has 22 heavy (non-hydrogen) atoms. The highest BCUT2D eigenvalue weighted by atomic mass is 127. The summed E-state index contributed by atoms with van der Waals surface area (Å²) in [4.78, 5) is 4.67. The number of halogens is 1. The van der Waals surface area contributed by atoms with Crippen LogP contribution in [0.1, 0.15) is 40.5 Å². The Labute approximate surface area is 152 Å². The number of guanidine groups is 1. The van der Waals surface area contributed by atoms with Crippen molar-refractivity contribution in [3.63, 3.8) is 0 Å². The Kier molecular flexibility index (Phi) is 11.4. The van der Waals surface area contributed by atoms with E-state index in [2.05, 4.69) is 43.3 Å².